The molecule has 9 heteroatoms. The van der Waals surface area contributed by atoms with Crippen LogP contribution in [0.5, 0.6) is 0 Å². The van der Waals surface area contributed by atoms with Gasteiger partial charge in [-0.1, -0.05) is 30.0 Å². The first-order valence-electron chi connectivity index (χ1n) is 8.50. The Bertz CT molecular complexity index is 980. The number of nitrogens with one attached hydrogen (secondary N) is 3. The maximum absolute atomic E-state index is 12.2. The Morgan fingerprint density at radius 2 is 1.96 bits per heavy atom. The van der Waals surface area contributed by atoms with Gasteiger partial charge in [0.2, 0.25) is 11.1 Å². The number of anilines is 1. The molecule has 1 unspecified atom stereocenters. The molecule has 0 aliphatic carbocycles. The summed E-state index contributed by atoms with van der Waals surface area (Å²) in [6.07, 6.45) is 3.50. The van der Waals surface area contributed by atoms with Crippen molar-refractivity contribution in [1.29, 1.82) is 0 Å². The standard InChI is InChI=1S/C19H19N5O3S/c1-12-8-9-15(27-12)10-11-16-21-19(24-23-16)28-13(2)17(25)22-18(26)20-14-6-4-3-5-7-14/h3-11,13H,1-2H3,(H,21,23,24)(H2,20,22,25,26)/b11-10+. The molecule has 0 bridgehead atoms. The van der Waals surface area contributed by atoms with E-state index in [4.69, 9.17) is 4.42 Å². The summed E-state index contributed by atoms with van der Waals surface area (Å²) in [5.74, 6) is 1.63. The van der Waals surface area contributed by atoms with E-state index < -0.39 is 17.2 Å². The number of carbonyl (C=O) groups excluding carboxylic acids is 2. The third-order valence-corrected chi connectivity index (χ3v) is 4.53. The van der Waals surface area contributed by atoms with E-state index in [0.29, 0.717) is 22.4 Å². The van der Waals surface area contributed by atoms with E-state index in [1.54, 1.807) is 43.3 Å². The van der Waals surface area contributed by atoms with Crippen molar-refractivity contribution in [3.8, 4) is 0 Å². The smallest absolute Gasteiger partial charge is 0.325 e. The third kappa shape index (κ3) is 5.58. The van der Waals surface area contributed by atoms with Crippen LogP contribution in [0.1, 0.15) is 24.3 Å². The van der Waals surface area contributed by atoms with Crippen LogP contribution < -0.4 is 10.6 Å². The number of hydrogen-bond acceptors (Lipinski definition) is 6. The van der Waals surface area contributed by atoms with Crippen molar-refractivity contribution in [3.63, 3.8) is 0 Å². The van der Waals surface area contributed by atoms with Crippen molar-refractivity contribution in [1.82, 2.24) is 20.5 Å². The van der Waals surface area contributed by atoms with Crippen LogP contribution in [-0.2, 0) is 4.79 Å². The molecule has 28 heavy (non-hydrogen) atoms. The zero-order valence-corrected chi connectivity index (χ0v) is 16.1. The summed E-state index contributed by atoms with van der Waals surface area (Å²) in [5.41, 5.74) is 0.602. The van der Waals surface area contributed by atoms with Crippen LogP contribution in [0.15, 0.2) is 52.0 Å². The number of carbonyl (C=O) groups is 2. The van der Waals surface area contributed by atoms with Gasteiger partial charge >= 0.3 is 6.03 Å². The molecule has 3 N–H and O–H groups in total. The highest BCUT2D eigenvalue weighted by Crippen LogP contribution is 2.20. The van der Waals surface area contributed by atoms with Gasteiger partial charge in [0, 0.05) is 5.69 Å². The van der Waals surface area contributed by atoms with Crippen LogP contribution in [-0.4, -0.2) is 32.4 Å². The summed E-state index contributed by atoms with van der Waals surface area (Å²) in [6, 6.07) is 12.0. The molecule has 2 aromatic heterocycles. The molecule has 3 rings (SSSR count). The second-order valence-electron chi connectivity index (χ2n) is 5.85. The van der Waals surface area contributed by atoms with Crippen molar-refractivity contribution in [2.24, 2.45) is 0 Å². The summed E-state index contributed by atoms with van der Waals surface area (Å²) in [7, 11) is 0. The molecule has 0 aliphatic heterocycles. The number of para-hydroxylation sites is 1. The summed E-state index contributed by atoms with van der Waals surface area (Å²) in [4.78, 5) is 28.4. The Labute approximate surface area is 165 Å². The lowest BCUT2D eigenvalue weighted by molar-refractivity contribution is -0.119. The van der Waals surface area contributed by atoms with Crippen molar-refractivity contribution < 1.29 is 14.0 Å². The van der Waals surface area contributed by atoms with Gasteiger partial charge in [0.15, 0.2) is 0 Å². The van der Waals surface area contributed by atoms with E-state index in [9.17, 15) is 9.59 Å². The Kier molecular flexibility index (Phi) is 6.28. The van der Waals surface area contributed by atoms with Crippen molar-refractivity contribution in [3.05, 3.63) is 59.8 Å². The highest BCUT2D eigenvalue weighted by atomic mass is 32.2. The number of H-pyrrole nitrogens is 1. The molecular weight excluding hydrogens is 378 g/mol. The Balaban J connectivity index is 1.50. The van der Waals surface area contributed by atoms with E-state index in [2.05, 4.69) is 25.8 Å². The summed E-state index contributed by atoms with van der Waals surface area (Å²) in [5, 5.41) is 11.6. The first kappa shape index (κ1) is 19.4. The molecule has 1 aromatic carbocycles. The van der Waals surface area contributed by atoms with Crippen LogP contribution in [0, 0.1) is 6.92 Å². The quantitative estimate of drug-likeness (QED) is 0.547. The fraction of sp³-hybridized carbons (Fsp3) is 0.158. The Hall–Kier alpha value is -3.33. The average molecular weight is 397 g/mol. The fourth-order valence-corrected chi connectivity index (χ4v) is 2.93. The fourth-order valence-electron chi connectivity index (χ4n) is 2.20. The molecule has 1 atom stereocenters. The van der Waals surface area contributed by atoms with Gasteiger partial charge in [-0.2, -0.15) is 0 Å². The lowest BCUT2D eigenvalue weighted by Crippen LogP contribution is -2.38. The van der Waals surface area contributed by atoms with Crippen LogP contribution in [0.25, 0.3) is 12.2 Å². The summed E-state index contributed by atoms with van der Waals surface area (Å²) in [6.45, 7) is 3.54. The van der Waals surface area contributed by atoms with Gasteiger partial charge in [-0.15, -0.1) is 5.10 Å². The van der Waals surface area contributed by atoms with Crippen LogP contribution in [0.2, 0.25) is 0 Å². The Morgan fingerprint density at radius 3 is 2.68 bits per heavy atom. The SMILES string of the molecule is Cc1ccc(/C=C/c2nc(SC(C)C(=O)NC(=O)Nc3ccccc3)n[nH]2)o1. The number of nitrogens with zero attached hydrogens (tertiary/aromatic N) is 2. The number of thioether (sulfide) groups is 1. The number of hydrogen-bond donors (Lipinski definition) is 3. The number of amides is 3. The topological polar surface area (TPSA) is 113 Å². The van der Waals surface area contributed by atoms with Gasteiger partial charge in [0.1, 0.15) is 17.3 Å². The minimum Gasteiger partial charge on any atom is -0.462 e. The number of urea groups is 1. The zero-order valence-electron chi connectivity index (χ0n) is 15.3. The van der Waals surface area contributed by atoms with Crippen LogP contribution in [0.3, 0.4) is 0 Å². The molecule has 0 saturated heterocycles. The number of rotatable bonds is 6. The second-order valence-corrected chi connectivity index (χ2v) is 7.16. The molecule has 0 saturated carbocycles. The molecule has 0 fully saturated rings. The zero-order chi connectivity index (χ0) is 19.9. The maximum Gasteiger partial charge on any atom is 0.325 e. The van der Waals surface area contributed by atoms with Gasteiger partial charge in [0.05, 0.1) is 5.25 Å². The predicted molar refractivity (Wildman–Crippen MR) is 108 cm³/mol. The first-order valence-corrected chi connectivity index (χ1v) is 9.38. The molecule has 144 valence electrons. The van der Waals surface area contributed by atoms with E-state index in [1.807, 2.05) is 25.1 Å². The number of aromatic amines is 1. The number of benzene rings is 1. The molecule has 3 aromatic rings. The number of aromatic nitrogens is 3. The minimum atomic E-state index is -0.587. The summed E-state index contributed by atoms with van der Waals surface area (Å²) >= 11 is 1.14. The van der Waals surface area contributed by atoms with Gasteiger partial charge in [0.25, 0.3) is 0 Å². The van der Waals surface area contributed by atoms with Gasteiger partial charge in [-0.25, -0.2) is 9.78 Å². The summed E-state index contributed by atoms with van der Waals surface area (Å²) < 4.78 is 5.44. The average Bonchev–Trinajstić information content (AvgIpc) is 3.29. The first-order chi connectivity index (χ1) is 13.5. The van der Waals surface area contributed by atoms with Gasteiger partial charge in [-0.05, 0) is 50.3 Å². The second kappa shape index (κ2) is 9.05. The lowest BCUT2D eigenvalue weighted by Gasteiger charge is -2.10. The highest BCUT2D eigenvalue weighted by Gasteiger charge is 2.19. The molecule has 8 nitrogen and oxygen atoms in total. The van der Waals surface area contributed by atoms with Gasteiger partial charge in [-0.3, -0.25) is 15.2 Å². The van der Waals surface area contributed by atoms with E-state index >= 15 is 0 Å². The highest BCUT2D eigenvalue weighted by molar-refractivity contribution is 8.00. The number of imide groups is 1. The number of aryl methyl sites for hydroxylation is 1. The van der Waals surface area contributed by atoms with Crippen molar-refractivity contribution in [2.75, 3.05) is 5.32 Å². The van der Waals surface area contributed by atoms with Crippen molar-refractivity contribution in [2.45, 2.75) is 24.3 Å². The normalized spacial score (nSPS) is 12.1. The molecule has 0 radical (unpaired) electrons. The monoisotopic (exact) mass is 397 g/mol. The van der Waals surface area contributed by atoms with E-state index in [-0.39, 0.29) is 0 Å². The maximum atomic E-state index is 12.2. The third-order valence-electron chi connectivity index (χ3n) is 3.57. The van der Waals surface area contributed by atoms with Crippen LogP contribution >= 0.6 is 11.8 Å². The van der Waals surface area contributed by atoms with Gasteiger partial charge < -0.3 is 9.73 Å². The molecule has 0 spiro atoms. The van der Waals surface area contributed by atoms with Crippen LogP contribution in [0.4, 0.5) is 10.5 Å². The molecule has 0 aliphatic rings. The minimum absolute atomic E-state index is 0.404. The Morgan fingerprint density at radius 1 is 1.18 bits per heavy atom. The number of furan rings is 1. The van der Waals surface area contributed by atoms with E-state index in [0.717, 1.165) is 17.5 Å². The molecule has 2 heterocycles. The van der Waals surface area contributed by atoms with Crippen molar-refractivity contribution >= 4 is 41.5 Å². The molecular formula is C19H19N5O3S. The largest absolute Gasteiger partial charge is 0.462 e. The predicted octanol–water partition coefficient (Wildman–Crippen LogP) is 3.71. The molecule has 3 amide bonds. The lowest BCUT2D eigenvalue weighted by atomic mass is 10.3. The van der Waals surface area contributed by atoms with E-state index in [1.165, 1.54) is 0 Å².